The minimum absolute atomic E-state index is 0.00866. The molecule has 3 rings (SSSR count). The van der Waals surface area contributed by atoms with E-state index in [9.17, 15) is 14.7 Å². The summed E-state index contributed by atoms with van der Waals surface area (Å²) in [5, 5.41) is 11.4. The maximum atomic E-state index is 12.9. The highest BCUT2D eigenvalue weighted by Crippen LogP contribution is 2.41. The zero-order chi connectivity index (χ0) is 21.8. The van der Waals surface area contributed by atoms with Crippen LogP contribution in [0.1, 0.15) is 17.2 Å². The molecule has 1 atom stereocenters. The van der Waals surface area contributed by atoms with Gasteiger partial charge in [0.1, 0.15) is 5.76 Å². The molecular formula is C22H22ClNO6. The number of methoxy groups -OCH3 is 3. The predicted octanol–water partition coefficient (Wildman–Crippen LogP) is 3.43. The Morgan fingerprint density at radius 3 is 2.30 bits per heavy atom. The summed E-state index contributed by atoms with van der Waals surface area (Å²) < 4.78 is 15.7. The Labute approximate surface area is 179 Å². The molecule has 2 aromatic carbocycles. The van der Waals surface area contributed by atoms with Crippen LogP contribution >= 0.6 is 11.6 Å². The van der Waals surface area contributed by atoms with Gasteiger partial charge in [0, 0.05) is 24.2 Å². The first kappa shape index (κ1) is 21.7. The van der Waals surface area contributed by atoms with Crippen LogP contribution in [0.2, 0.25) is 5.02 Å². The number of aliphatic hydroxyl groups excluding tert-OH is 1. The molecule has 1 heterocycles. The second-order valence-electron chi connectivity index (χ2n) is 6.61. The molecule has 7 nitrogen and oxygen atoms in total. The number of benzene rings is 2. The summed E-state index contributed by atoms with van der Waals surface area (Å²) in [5.41, 5.74) is 0.971. The third-order valence-electron chi connectivity index (χ3n) is 4.92. The Balaban J connectivity index is 2.18. The number of halogens is 1. The van der Waals surface area contributed by atoms with Crippen LogP contribution < -0.4 is 9.47 Å². The van der Waals surface area contributed by atoms with Gasteiger partial charge >= 0.3 is 0 Å². The lowest BCUT2D eigenvalue weighted by Gasteiger charge is -2.25. The quantitative estimate of drug-likeness (QED) is 0.410. The van der Waals surface area contributed by atoms with Crippen molar-refractivity contribution in [3.63, 3.8) is 0 Å². The molecule has 0 spiro atoms. The Kier molecular flexibility index (Phi) is 6.64. The van der Waals surface area contributed by atoms with Crippen LogP contribution in [0.5, 0.6) is 11.5 Å². The molecule has 158 valence electrons. The molecule has 30 heavy (non-hydrogen) atoms. The van der Waals surface area contributed by atoms with Gasteiger partial charge in [-0.2, -0.15) is 0 Å². The van der Waals surface area contributed by atoms with Crippen molar-refractivity contribution < 1.29 is 28.9 Å². The Morgan fingerprint density at radius 2 is 1.70 bits per heavy atom. The summed E-state index contributed by atoms with van der Waals surface area (Å²) in [7, 11) is 4.52. The van der Waals surface area contributed by atoms with E-state index in [2.05, 4.69) is 0 Å². The second-order valence-corrected chi connectivity index (χ2v) is 7.04. The van der Waals surface area contributed by atoms with E-state index in [1.54, 1.807) is 42.5 Å². The van der Waals surface area contributed by atoms with E-state index < -0.39 is 17.7 Å². The smallest absolute Gasteiger partial charge is 0.295 e. The Bertz CT molecular complexity index is 986. The SMILES string of the molecule is COCCN1C(=O)C(=O)/C(=C(\O)c2ccc(Cl)cc2)C1c1ccc(OC)c(OC)c1. The maximum Gasteiger partial charge on any atom is 0.295 e. The molecule has 1 unspecified atom stereocenters. The molecule has 1 saturated heterocycles. The average molecular weight is 432 g/mol. The number of ether oxygens (including phenoxy) is 3. The van der Waals surface area contributed by atoms with Crippen molar-refractivity contribution in [1.82, 2.24) is 4.90 Å². The summed E-state index contributed by atoms with van der Waals surface area (Å²) in [6, 6.07) is 10.7. The largest absolute Gasteiger partial charge is 0.507 e. The van der Waals surface area contributed by atoms with E-state index in [-0.39, 0.29) is 24.5 Å². The topological polar surface area (TPSA) is 85.3 Å². The fourth-order valence-corrected chi connectivity index (χ4v) is 3.56. The lowest BCUT2D eigenvalue weighted by molar-refractivity contribution is -0.140. The number of likely N-dealkylation sites (tertiary alicyclic amines) is 1. The van der Waals surface area contributed by atoms with Gasteiger partial charge in [-0.25, -0.2) is 0 Å². The molecule has 1 N–H and O–H groups in total. The van der Waals surface area contributed by atoms with Gasteiger partial charge in [-0.3, -0.25) is 9.59 Å². The monoisotopic (exact) mass is 431 g/mol. The first-order chi connectivity index (χ1) is 14.4. The van der Waals surface area contributed by atoms with Crippen molar-refractivity contribution in [2.75, 3.05) is 34.5 Å². The first-order valence-corrected chi connectivity index (χ1v) is 9.56. The molecule has 0 bridgehead atoms. The number of carbonyl (C=O) groups excluding carboxylic acids is 2. The number of hydrogen-bond acceptors (Lipinski definition) is 6. The molecule has 1 fully saturated rings. The lowest BCUT2D eigenvalue weighted by Crippen LogP contribution is -2.32. The standard InChI is InChI=1S/C22H22ClNO6/c1-28-11-10-24-19(14-6-9-16(29-2)17(12-14)30-3)18(21(26)22(24)27)20(25)13-4-7-15(23)8-5-13/h4-9,12,19,25H,10-11H2,1-3H3/b20-18-. The zero-order valence-corrected chi connectivity index (χ0v) is 17.6. The lowest BCUT2D eigenvalue weighted by atomic mass is 9.95. The molecular weight excluding hydrogens is 410 g/mol. The average Bonchev–Trinajstić information content (AvgIpc) is 3.01. The first-order valence-electron chi connectivity index (χ1n) is 9.18. The van der Waals surface area contributed by atoms with Crippen LogP contribution in [-0.2, 0) is 14.3 Å². The molecule has 0 aromatic heterocycles. The van der Waals surface area contributed by atoms with Gasteiger partial charge in [0.2, 0.25) is 0 Å². The van der Waals surface area contributed by atoms with Gasteiger partial charge in [0.25, 0.3) is 11.7 Å². The maximum absolute atomic E-state index is 12.9. The molecule has 1 amide bonds. The Hall–Kier alpha value is -3.03. The van der Waals surface area contributed by atoms with Crippen LogP contribution in [-0.4, -0.2) is 56.2 Å². The van der Waals surface area contributed by atoms with E-state index >= 15 is 0 Å². The molecule has 0 saturated carbocycles. The minimum Gasteiger partial charge on any atom is -0.507 e. The van der Waals surface area contributed by atoms with E-state index in [1.165, 1.54) is 26.2 Å². The number of rotatable bonds is 7. The highest BCUT2D eigenvalue weighted by molar-refractivity contribution is 6.46. The predicted molar refractivity (Wildman–Crippen MR) is 112 cm³/mol. The zero-order valence-electron chi connectivity index (χ0n) is 16.8. The van der Waals surface area contributed by atoms with Crippen molar-refractivity contribution in [2.24, 2.45) is 0 Å². The summed E-state index contributed by atoms with van der Waals surface area (Å²) in [4.78, 5) is 27.0. The van der Waals surface area contributed by atoms with Crippen molar-refractivity contribution in [1.29, 1.82) is 0 Å². The van der Waals surface area contributed by atoms with E-state index in [0.29, 0.717) is 27.6 Å². The van der Waals surface area contributed by atoms with Gasteiger partial charge in [-0.15, -0.1) is 0 Å². The molecule has 8 heteroatoms. The second kappa shape index (κ2) is 9.19. The summed E-state index contributed by atoms with van der Waals surface area (Å²) in [5.74, 6) is -0.794. The van der Waals surface area contributed by atoms with Crippen LogP contribution in [0.25, 0.3) is 5.76 Å². The third-order valence-corrected chi connectivity index (χ3v) is 5.17. The highest BCUT2D eigenvalue weighted by atomic mass is 35.5. The molecule has 0 radical (unpaired) electrons. The van der Waals surface area contributed by atoms with Crippen LogP contribution in [0, 0.1) is 0 Å². The number of hydrogen-bond donors (Lipinski definition) is 1. The van der Waals surface area contributed by atoms with Gasteiger partial charge < -0.3 is 24.2 Å². The van der Waals surface area contributed by atoms with Crippen molar-refractivity contribution in [3.05, 3.63) is 64.2 Å². The Morgan fingerprint density at radius 1 is 1.03 bits per heavy atom. The van der Waals surface area contributed by atoms with Gasteiger partial charge in [0.05, 0.1) is 32.4 Å². The third kappa shape index (κ3) is 3.99. The summed E-state index contributed by atoms with van der Waals surface area (Å²) in [6.07, 6.45) is 0. The van der Waals surface area contributed by atoms with Crippen molar-refractivity contribution in [3.8, 4) is 11.5 Å². The van der Waals surface area contributed by atoms with E-state index in [1.807, 2.05) is 0 Å². The van der Waals surface area contributed by atoms with Gasteiger partial charge in [-0.1, -0.05) is 17.7 Å². The molecule has 1 aliphatic heterocycles. The fourth-order valence-electron chi connectivity index (χ4n) is 3.43. The number of nitrogens with zero attached hydrogens (tertiary/aromatic N) is 1. The number of ketones is 1. The van der Waals surface area contributed by atoms with Crippen molar-refractivity contribution >= 4 is 29.1 Å². The number of aliphatic hydroxyl groups is 1. The molecule has 1 aliphatic rings. The van der Waals surface area contributed by atoms with E-state index in [0.717, 1.165) is 0 Å². The van der Waals surface area contributed by atoms with Gasteiger partial charge in [0.15, 0.2) is 11.5 Å². The normalized spacial score (nSPS) is 18.0. The van der Waals surface area contributed by atoms with Crippen LogP contribution in [0.15, 0.2) is 48.0 Å². The molecule has 2 aromatic rings. The molecule has 0 aliphatic carbocycles. The summed E-state index contributed by atoms with van der Waals surface area (Å²) >= 11 is 5.93. The van der Waals surface area contributed by atoms with Crippen LogP contribution in [0.3, 0.4) is 0 Å². The van der Waals surface area contributed by atoms with Gasteiger partial charge in [-0.05, 0) is 42.0 Å². The van der Waals surface area contributed by atoms with Crippen molar-refractivity contribution in [2.45, 2.75) is 6.04 Å². The number of amides is 1. The number of Topliss-reactive ketones (excluding diaryl/α,β-unsaturated/α-hetero) is 1. The summed E-state index contributed by atoms with van der Waals surface area (Å²) in [6.45, 7) is 0.412. The minimum atomic E-state index is -0.810. The van der Waals surface area contributed by atoms with E-state index in [4.69, 9.17) is 25.8 Å². The number of carbonyl (C=O) groups is 2. The highest BCUT2D eigenvalue weighted by Gasteiger charge is 2.46. The fraction of sp³-hybridized carbons (Fsp3) is 0.273. The van der Waals surface area contributed by atoms with Crippen LogP contribution in [0.4, 0.5) is 0 Å².